The van der Waals surface area contributed by atoms with Crippen molar-refractivity contribution in [2.45, 2.75) is 25.8 Å². The molecule has 1 unspecified atom stereocenters. The molecule has 0 amide bonds. The fourth-order valence-corrected chi connectivity index (χ4v) is 2.81. The zero-order chi connectivity index (χ0) is 12.3. The van der Waals surface area contributed by atoms with Gasteiger partial charge in [-0.2, -0.15) is 0 Å². The van der Waals surface area contributed by atoms with Crippen LogP contribution in [0.4, 0.5) is 5.69 Å². The second kappa shape index (κ2) is 6.05. The Morgan fingerprint density at radius 3 is 2.41 bits per heavy atom. The number of rotatable bonds is 3. The quantitative estimate of drug-likeness (QED) is 0.846. The third-order valence-electron chi connectivity index (χ3n) is 3.71. The molecule has 1 aromatic rings. The second-order valence-electron chi connectivity index (χ2n) is 5.08. The van der Waals surface area contributed by atoms with Crippen molar-refractivity contribution in [1.82, 2.24) is 4.90 Å². The SMILES string of the molecule is CC(Nc1ccc(I)cc1)C1CCN(C)CC1. The first-order valence-electron chi connectivity index (χ1n) is 6.36. The van der Waals surface area contributed by atoms with Crippen molar-refractivity contribution >= 4 is 28.3 Å². The zero-order valence-electron chi connectivity index (χ0n) is 10.6. The van der Waals surface area contributed by atoms with E-state index in [4.69, 9.17) is 0 Å². The number of anilines is 1. The summed E-state index contributed by atoms with van der Waals surface area (Å²) in [5, 5.41) is 3.63. The summed E-state index contributed by atoms with van der Waals surface area (Å²) in [6.45, 7) is 4.79. The summed E-state index contributed by atoms with van der Waals surface area (Å²) >= 11 is 2.34. The normalized spacial score (nSPS) is 20.2. The number of benzene rings is 1. The van der Waals surface area contributed by atoms with Gasteiger partial charge in [-0.15, -0.1) is 0 Å². The highest BCUT2D eigenvalue weighted by Crippen LogP contribution is 2.22. The van der Waals surface area contributed by atoms with Crippen LogP contribution >= 0.6 is 22.6 Å². The summed E-state index contributed by atoms with van der Waals surface area (Å²) in [4.78, 5) is 2.42. The molecule has 1 fully saturated rings. The van der Waals surface area contributed by atoms with E-state index in [0.717, 1.165) is 5.92 Å². The molecule has 1 aliphatic rings. The van der Waals surface area contributed by atoms with E-state index in [2.05, 4.69) is 71.0 Å². The lowest BCUT2D eigenvalue weighted by atomic mass is 9.90. The van der Waals surface area contributed by atoms with Crippen LogP contribution in [0.2, 0.25) is 0 Å². The molecule has 0 spiro atoms. The second-order valence-corrected chi connectivity index (χ2v) is 6.33. The van der Waals surface area contributed by atoms with Crippen LogP contribution in [0.5, 0.6) is 0 Å². The van der Waals surface area contributed by atoms with E-state index in [1.165, 1.54) is 35.2 Å². The van der Waals surface area contributed by atoms with Crippen molar-refractivity contribution in [3.05, 3.63) is 27.8 Å². The van der Waals surface area contributed by atoms with E-state index in [9.17, 15) is 0 Å². The molecule has 1 atom stereocenters. The predicted octanol–water partition coefficient (Wildman–Crippen LogP) is 3.43. The molecule has 2 rings (SSSR count). The van der Waals surface area contributed by atoms with Crippen LogP contribution in [-0.2, 0) is 0 Å². The molecule has 0 bridgehead atoms. The maximum absolute atomic E-state index is 3.63. The van der Waals surface area contributed by atoms with Crippen LogP contribution in [0.15, 0.2) is 24.3 Å². The Balaban J connectivity index is 1.88. The number of halogens is 1. The number of hydrogen-bond donors (Lipinski definition) is 1. The molecule has 17 heavy (non-hydrogen) atoms. The van der Waals surface area contributed by atoms with Gasteiger partial charge in [-0.1, -0.05) is 0 Å². The summed E-state index contributed by atoms with van der Waals surface area (Å²) in [6, 6.07) is 9.23. The van der Waals surface area contributed by atoms with Gasteiger partial charge in [0, 0.05) is 15.3 Å². The molecule has 0 aliphatic carbocycles. The van der Waals surface area contributed by atoms with Gasteiger partial charge in [0.2, 0.25) is 0 Å². The largest absolute Gasteiger partial charge is 0.382 e. The standard InChI is InChI=1S/C14H21IN2/c1-11(12-7-9-17(2)10-8-12)16-14-5-3-13(15)4-6-14/h3-6,11-12,16H,7-10H2,1-2H3. The van der Waals surface area contributed by atoms with Gasteiger partial charge >= 0.3 is 0 Å². The molecule has 1 saturated heterocycles. The first-order chi connectivity index (χ1) is 8.15. The highest BCUT2D eigenvalue weighted by atomic mass is 127. The highest BCUT2D eigenvalue weighted by Gasteiger charge is 2.21. The van der Waals surface area contributed by atoms with Crippen molar-refractivity contribution in [2.75, 3.05) is 25.5 Å². The Bertz CT molecular complexity index is 342. The fraction of sp³-hybridized carbons (Fsp3) is 0.571. The average molecular weight is 344 g/mol. The molecule has 1 N–H and O–H groups in total. The van der Waals surface area contributed by atoms with Crippen molar-refractivity contribution in [1.29, 1.82) is 0 Å². The third-order valence-corrected chi connectivity index (χ3v) is 4.43. The minimum absolute atomic E-state index is 0.573. The molecule has 0 saturated carbocycles. The Morgan fingerprint density at radius 2 is 1.82 bits per heavy atom. The number of likely N-dealkylation sites (tertiary alicyclic amines) is 1. The lowest BCUT2D eigenvalue weighted by Gasteiger charge is -2.33. The van der Waals surface area contributed by atoms with E-state index in [1.54, 1.807) is 0 Å². The molecule has 2 nitrogen and oxygen atoms in total. The first-order valence-corrected chi connectivity index (χ1v) is 7.43. The maximum atomic E-state index is 3.63. The molecule has 3 heteroatoms. The molecular formula is C14H21IN2. The topological polar surface area (TPSA) is 15.3 Å². The van der Waals surface area contributed by atoms with Gasteiger partial charge in [0.05, 0.1) is 0 Å². The molecular weight excluding hydrogens is 323 g/mol. The van der Waals surface area contributed by atoms with Gasteiger partial charge in [-0.05, 0) is 92.7 Å². The molecule has 94 valence electrons. The molecule has 0 radical (unpaired) electrons. The van der Waals surface area contributed by atoms with Gasteiger partial charge in [-0.3, -0.25) is 0 Å². The van der Waals surface area contributed by atoms with Crippen molar-refractivity contribution in [3.63, 3.8) is 0 Å². The average Bonchev–Trinajstić information content (AvgIpc) is 2.33. The Labute approximate surface area is 118 Å². The minimum atomic E-state index is 0.573. The third kappa shape index (κ3) is 3.85. The van der Waals surface area contributed by atoms with Crippen LogP contribution in [0, 0.1) is 9.49 Å². The van der Waals surface area contributed by atoms with Crippen LogP contribution in [0.25, 0.3) is 0 Å². The van der Waals surface area contributed by atoms with Gasteiger partial charge in [-0.25, -0.2) is 0 Å². The lowest BCUT2D eigenvalue weighted by molar-refractivity contribution is 0.208. The maximum Gasteiger partial charge on any atom is 0.0343 e. The number of piperidine rings is 1. The Kier molecular flexibility index (Phi) is 4.68. The van der Waals surface area contributed by atoms with Crippen LogP contribution in [0.1, 0.15) is 19.8 Å². The van der Waals surface area contributed by atoms with Crippen molar-refractivity contribution in [2.24, 2.45) is 5.92 Å². The Hall–Kier alpha value is -0.290. The van der Waals surface area contributed by atoms with Gasteiger partial charge < -0.3 is 10.2 Å². The summed E-state index contributed by atoms with van der Waals surface area (Å²) in [5.74, 6) is 0.811. The first kappa shape index (κ1) is 13.1. The van der Waals surface area contributed by atoms with Crippen LogP contribution in [-0.4, -0.2) is 31.1 Å². The number of nitrogens with zero attached hydrogens (tertiary/aromatic N) is 1. The minimum Gasteiger partial charge on any atom is -0.382 e. The summed E-state index contributed by atoms with van der Waals surface area (Å²) in [7, 11) is 2.22. The summed E-state index contributed by atoms with van der Waals surface area (Å²) in [5.41, 5.74) is 1.25. The van der Waals surface area contributed by atoms with Crippen LogP contribution < -0.4 is 5.32 Å². The summed E-state index contributed by atoms with van der Waals surface area (Å²) in [6.07, 6.45) is 2.63. The van der Waals surface area contributed by atoms with Gasteiger partial charge in [0.25, 0.3) is 0 Å². The molecule has 1 aliphatic heterocycles. The predicted molar refractivity (Wildman–Crippen MR) is 82.5 cm³/mol. The molecule has 1 aromatic carbocycles. The summed E-state index contributed by atoms with van der Waals surface area (Å²) < 4.78 is 1.29. The van der Waals surface area contributed by atoms with Gasteiger partial charge in [0.1, 0.15) is 0 Å². The van der Waals surface area contributed by atoms with E-state index in [1.807, 2.05) is 0 Å². The molecule has 0 aromatic heterocycles. The smallest absolute Gasteiger partial charge is 0.0343 e. The van der Waals surface area contributed by atoms with E-state index in [-0.39, 0.29) is 0 Å². The number of nitrogens with one attached hydrogen (secondary N) is 1. The monoisotopic (exact) mass is 344 g/mol. The zero-order valence-corrected chi connectivity index (χ0v) is 12.8. The molecule has 1 heterocycles. The number of hydrogen-bond acceptors (Lipinski definition) is 2. The van der Waals surface area contributed by atoms with Gasteiger partial charge in [0.15, 0.2) is 0 Å². The van der Waals surface area contributed by atoms with Crippen LogP contribution in [0.3, 0.4) is 0 Å². The fourth-order valence-electron chi connectivity index (χ4n) is 2.46. The van der Waals surface area contributed by atoms with Crippen molar-refractivity contribution in [3.8, 4) is 0 Å². The van der Waals surface area contributed by atoms with E-state index in [0.29, 0.717) is 6.04 Å². The Morgan fingerprint density at radius 1 is 1.24 bits per heavy atom. The van der Waals surface area contributed by atoms with Crippen molar-refractivity contribution < 1.29 is 0 Å². The van der Waals surface area contributed by atoms with E-state index >= 15 is 0 Å². The highest BCUT2D eigenvalue weighted by molar-refractivity contribution is 14.1. The lowest BCUT2D eigenvalue weighted by Crippen LogP contribution is -2.37. The van der Waals surface area contributed by atoms with E-state index < -0.39 is 0 Å².